The molecule has 0 saturated carbocycles. The van der Waals surface area contributed by atoms with Crippen molar-refractivity contribution in [1.82, 2.24) is 0 Å². The van der Waals surface area contributed by atoms with Crippen molar-refractivity contribution in [3.05, 3.63) is 0 Å². The normalized spacial score (nSPS) is 16.0. The van der Waals surface area contributed by atoms with Crippen molar-refractivity contribution >= 4 is 5.97 Å². The van der Waals surface area contributed by atoms with Crippen LogP contribution in [0, 0.1) is 0 Å². The summed E-state index contributed by atoms with van der Waals surface area (Å²) in [5.41, 5.74) is -0.769. The first kappa shape index (κ1) is 9.43. The van der Waals surface area contributed by atoms with Crippen LogP contribution in [0.5, 0.6) is 0 Å². The van der Waals surface area contributed by atoms with E-state index in [0.717, 1.165) is 0 Å². The number of hydrogen-bond acceptors (Lipinski definition) is 3. The number of carbonyl (C=O) groups is 1. The van der Waals surface area contributed by atoms with Crippen molar-refractivity contribution in [3.63, 3.8) is 0 Å². The van der Waals surface area contributed by atoms with Gasteiger partial charge in [-0.25, -0.2) is 4.79 Å². The fraction of sp³-hybridized carbons (Fsp3) is 0.857. The molecule has 1 unspecified atom stereocenters. The number of rotatable bonds is 3. The Morgan fingerprint density at radius 2 is 2.00 bits per heavy atom. The third-order valence-corrected chi connectivity index (χ3v) is 1.74. The van der Waals surface area contributed by atoms with Crippen molar-refractivity contribution < 1.29 is 14.3 Å². The fourth-order valence-corrected chi connectivity index (χ4v) is 0.588. The lowest BCUT2D eigenvalue weighted by Crippen LogP contribution is -2.37. The Morgan fingerprint density at radius 1 is 1.50 bits per heavy atom. The number of methoxy groups -OCH3 is 2. The zero-order valence-electron chi connectivity index (χ0n) is 6.93. The highest BCUT2D eigenvalue weighted by atomic mass is 16.6. The lowest BCUT2D eigenvalue weighted by Gasteiger charge is -2.22. The summed E-state index contributed by atoms with van der Waals surface area (Å²) in [7, 11) is 2.86. The molecule has 3 heteroatoms. The molecular formula is C7H14O3. The summed E-state index contributed by atoms with van der Waals surface area (Å²) < 4.78 is 9.50. The summed E-state index contributed by atoms with van der Waals surface area (Å²) in [6.45, 7) is 3.58. The highest BCUT2D eigenvalue weighted by Gasteiger charge is 2.31. The second-order valence-corrected chi connectivity index (χ2v) is 2.28. The van der Waals surface area contributed by atoms with E-state index in [9.17, 15) is 4.79 Å². The van der Waals surface area contributed by atoms with Gasteiger partial charge in [-0.2, -0.15) is 0 Å². The number of esters is 1. The van der Waals surface area contributed by atoms with Crippen molar-refractivity contribution in [2.45, 2.75) is 25.9 Å². The van der Waals surface area contributed by atoms with Gasteiger partial charge in [-0.15, -0.1) is 0 Å². The Hall–Kier alpha value is -0.570. The van der Waals surface area contributed by atoms with Crippen LogP contribution >= 0.6 is 0 Å². The molecule has 1 atom stereocenters. The lowest BCUT2D eigenvalue weighted by atomic mass is 10.0. The van der Waals surface area contributed by atoms with Crippen molar-refractivity contribution in [3.8, 4) is 0 Å². The van der Waals surface area contributed by atoms with Gasteiger partial charge in [0.05, 0.1) is 7.11 Å². The quantitative estimate of drug-likeness (QED) is 0.557. The molecule has 0 amide bonds. The molecule has 0 spiro atoms. The van der Waals surface area contributed by atoms with E-state index >= 15 is 0 Å². The molecule has 0 fully saturated rings. The third kappa shape index (κ3) is 1.70. The average Bonchev–Trinajstić information content (AvgIpc) is 2.01. The summed E-state index contributed by atoms with van der Waals surface area (Å²) in [6.07, 6.45) is 0.621. The predicted molar refractivity (Wildman–Crippen MR) is 37.7 cm³/mol. The summed E-state index contributed by atoms with van der Waals surface area (Å²) in [5.74, 6) is -0.322. The standard InChI is InChI=1S/C7H14O3/c1-5-7(2,10-4)6(8)9-3/h5H2,1-4H3. The van der Waals surface area contributed by atoms with Gasteiger partial charge in [-0.3, -0.25) is 0 Å². The largest absolute Gasteiger partial charge is 0.467 e. The molecule has 10 heavy (non-hydrogen) atoms. The van der Waals surface area contributed by atoms with Gasteiger partial charge in [-0.05, 0) is 13.3 Å². The summed E-state index contributed by atoms with van der Waals surface area (Å²) in [6, 6.07) is 0. The molecule has 0 bridgehead atoms. The average molecular weight is 146 g/mol. The van der Waals surface area contributed by atoms with Gasteiger partial charge in [0.1, 0.15) is 0 Å². The molecule has 0 aromatic rings. The fourth-order valence-electron chi connectivity index (χ4n) is 0.588. The van der Waals surface area contributed by atoms with Crippen LogP contribution in [0.2, 0.25) is 0 Å². The van der Waals surface area contributed by atoms with Gasteiger partial charge in [0.25, 0.3) is 0 Å². The van der Waals surface area contributed by atoms with Crippen LogP contribution in [-0.4, -0.2) is 25.8 Å². The first-order valence-electron chi connectivity index (χ1n) is 3.24. The highest BCUT2D eigenvalue weighted by molar-refractivity contribution is 5.78. The van der Waals surface area contributed by atoms with Gasteiger partial charge in [0.2, 0.25) is 0 Å². The van der Waals surface area contributed by atoms with Gasteiger partial charge in [0, 0.05) is 7.11 Å². The minimum atomic E-state index is -0.769. The van der Waals surface area contributed by atoms with Gasteiger partial charge in [0.15, 0.2) is 5.60 Å². The van der Waals surface area contributed by atoms with Crippen LogP contribution in [-0.2, 0) is 14.3 Å². The summed E-state index contributed by atoms with van der Waals surface area (Å²) >= 11 is 0. The number of ether oxygens (including phenoxy) is 2. The Kier molecular flexibility index (Phi) is 3.36. The smallest absolute Gasteiger partial charge is 0.337 e. The predicted octanol–water partition coefficient (Wildman–Crippen LogP) is 0.975. The van der Waals surface area contributed by atoms with Gasteiger partial charge in [-0.1, -0.05) is 6.92 Å². The van der Waals surface area contributed by atoms with E-state index < -0.39 is 5.60 Å². The topological polar surface area (TPSA) is 35.5 Å². The SMILES string of the molecule is CCC(C)(OC)C(=O)OC. The first-order chi connectivity index (χ1) is 4.60. The molecule has 0 aromatic heterocycles. The molecular weight excluding hydrogens is 132 g/mol. The monoisotopic (exact) mass is 146 g/mol. The van der Waals surface area contributed by atoms with Crippen LogP contribution in [0.4, 0.5) is 0 Å². The maximum absolute atomic E-state index is 10.9. The maximum atomic E-state index is 10.9. The Bertz CT molecular complexity index is 116. The Labute approximate surface area is 61.3 Å². The first-order valence-corrected chi connectivity index (χ1v) is 3.24. The minimum absolute atomic E-state index is 0.322. The van der Waals surface area contributed by atoms with Crippen LogP contribution in [0.15, 0.2) is 0 Å². The molecule has 0 rings (SSSR count). The lowest BCUT2D eigenvalue weighted by molar-refractivity contribution is -0.164. The maximum Gasteiger partial charge on any atom is 0.337 e. The van der Waals surface area contributed by atoms with Crippen molar-refractivity contribution in [2.75, 3.05) is 14.2 Å². The Morgan fingerprint density at radius 3 is 2.10 bits per heavy atom. The number of carbonyl (C=O) groups excluding carboxylic acids is 1. The molecule has 0 radical (unpaired) electrons. The molecule has 0 saturated heterocycles. The van der Waals surface area contributed by atoms with E-state index in [4.69, 9.17) is 4.74 Å². The molecule has 60 valence electrons. The number of hydrogen-bond donors (Lipinski definition) is 0. The second-order valence-electron chi connectivity index (χ2n) is 2.28. The molecule has 0 heterocycles. The Balaban J connectivity index is 4.17. The third-order valence-electron chi connectivity index (χ3n) is 1.74. The molecule has 0 aromatic carbocycles. The van der Waals surface area contributed by atoms with E-state index in [1.165, 1.54) is 14.2 Å². The van der Waals surface area contributed by atoms with Crippen LogP contribution in [0.25, 0.3) is 0 Å². The second kappa shape index (κ2) is 3.56. The van der Waals surface area contributed by atoms with E-state index in [1.54, 1.807) is 6.92 Å². The zero-order valence-corrected chi connectivity index (χ0v) is 6.93. The van der Waals surface area contributed by atoms with E-state index in [2.05, 4.69) is 4.74 Å². The van der Waals surface area contributed by atoms with Gasteiger partial charge < -0.3 is 9.47 Å². The zero-order chi connectivity index (χ0) is 8.20. The van der Waals surface area contributed by atoms with E-state index in [-0.39, 0.29) is 5.97 Å². The van der Waals surface area contributed by atoms with Crippen LogP contribution < -0.4 is 0 Å². The van der Waals surface area contributed by atoms with Crippen LogP contribution in [0.3, 0.4) is 0 Å². The van der Waals surface area contributed by atoms with Gasteiger partial charge >= 0.3 is 5.97 Å². The van der Waals surface area contributed by atoms with E-state index in [0.29, 0.717) is 6.42 Å². The molecule has 3 nitrogen and oxygen atoms in total. The van der Waals surface area contributed by atoms with Crippen LogP contribution in [0.1, 0.15) is 20.3 Å². The molecule has 0 aliphatic heterocycles. The van der Waals surface area contributed by atoms with Crippen molar-refractivity contribution in [1.29, 1.82) is 0 Å². The molecule has 0 aliphatic rings. The summed E-state index contributed by atoms with van der Waals surface area (Å²) in [5, 5.41) is 0. The summed E-state index contributed by atoms with van der Waals surface area (Å²) in [4.78, 5) is 10.9. The van der Waals surface area contributed by atoms with E-state index in [1.807, 2.05) is 6.92 Å². The highest BCUT2D eigenvalue weighted by Crippen LogP contribution is 2.14. The molecule has 0 N–H and O–H groups in total. The minimum Gasteiger partial charge on any atom is -0.467 e. The molecule has 0 aliphatic carbocycles. The van der Waals surface area contributed by atoms with Crippen molar-refractivity contribution in [2.24, 2.45) is 0 Å².